The minimum Gasteiger partial charge on any atom is -0.493 e. The van der Waals surface area contributed by atoms with E-state index in [-0.39, 0.29) is 5.82 Å². The molecule has 0 heterocycles. The maximum absolute atomic E-state index is 12.8. The van der Waals surface area contributed by atoms with Crippen molar-refractivity contribution < 1.29 is 9.13 Å². The summed E-state index contributed by atoms with van der Waals surface area (Å²) >= 11 is 8.71. The smallest absolute Gasteiger partial charge is 0.137 e. The monoisotopic (exact) mass is 280 g/mol. The molecular formula is C10H11BrClFO. The van der Waals surface area contributed by atoms with Gasteiger partial charge in [-0.25, -0.2) is 4.39 Å². The second-order valence-corrected chi connectivity index (χ2v) is 4.31. The predicted octanol–water partition coefficient (Wildman–Crippen LogP) is 3.84. The van der Waals surface area contributed by atoms with Gasteiger partial charge in [0.1, 0.15) is 11.6 Å². The van der Waals surface area contributed by atoms with Crippen molar-refractivity contribution in [1.82, 2.24) is 0 Å². The third-order valence-corrected chi connectivity index (χ3v) is 2.82. The van der Waals surface area contributed by atoms with E-state index in [0.717, 1.165) is 0 Å². The van der Waals surface area contributed by atoms with Crippen molar-refractivity contribution in [2.75, 3.05) is 12.5 Å². The zero-order chi connectivity index (χ0) is 10.6. The minimum absolute atomic E-state index is 0.289. The van der Waals surface area contributed by atoms with Crippen LogP contribution in [0.15, 0.2) is 22.7 Å². The van der Waals surface area contributed by atoms with E-state index in [0.29, 0.717) is 28.6 Å². The lowest BCUT2D eigenvalue weighted by molar-refractivity contribution is 0.272. The molecule has 1 aromatic carbocycles. The number of rotatable bonds is 4. The summed E-state index contributed by atoms with van der Waals surface area (Å²) in [4.78, 5) is 0. The molecular weight excluding hydrogens is 270 g/mol. The van der Waals surface area contributed by atoms with Crippen molar-refractivity contribution in [3.63, 3.8) is 0 Å². The number of alkyl halides is 1. The molecule has 14 heavy (non-hydrogen) atoms. The Morgan fingerprint density at radius 3 is 2.86 bits per heavy atom. The predicted molar refractivity (Wildman–Crippen MR) is 59.5 cm³/mol. The number of benzene rings is 1. The molecule has 78 valence electrons. The average molecular weight is 282 g/mol. The van der Waals surface area contributed by atoms with Crippen LogP contribution in [0.25, 0.3) is 0 Å². The van der Waals surface area contributed by atoms with Gasteiger partial charge in [0, 0.05) is 11.8 Å². The van der Waals surface area contributed by atoms with Crippen molar-refractivity contribution in [3.8, 4) is 5.75 Å². The molecule has 0 spiro atoms. The normalized spacial score (nSPS) is 12.6. The molecule has 0 radical (unpaired) electrons. The molecule has 0 saturated heterocycles. The Morgan fingerprint density at radius 2 is 2.29 bits per heavy atom. The average Bonchev–Trinajstić information content (AvgIpc) is 2.19. The first-order valence-electron chi connectivity index (χ1n) is 4.27. The molecule has 1 rings (SSSR count). The number of hydrogen-bond acceptors (Lipinski definition) is 1. The third kappa shape index (κ3) is 3.46. The second-order valence-electron chi connectivity index (χ2n) is 3.15. The van der Waals surface area contributed by atoms with Crippen LogP contribution in [-0.2, 0) is 0 Å². The molecule has 1 nitrogen and oxygen atoms in total. The van der Waals surface area contributed by atoms with Gasteiger partial charge in [0.25, 0.3) is 0 Å². The molecule has 0 saturated carbocycles. The van der Waals surface area contributed by atoms with E-state index in [1.54, 1.807) is 12.1 Å². The van der Waals surface area contributed by atoms with E-state index in [1.807, 2.05) is 6.92 Å². The molecule has 0 amide bonds. The lowest BCUT2D eigenvalue weighted by atomic mass is 10.2. The van der Waals surface area contributed by atoms with Crippen LogP contribution >= 0.6 is 27.5 Å². The Morgan fingerprint density at radius 1 is 1.57 bits per heavy atom. The Bertz CT molecular complexity index is 306. The quantitative estimate of drug-likeness (QED) is 0.762. The summed E-state index contributed by atoms with van der Waals surface area (Å²) in [5, 5.41) is 0. The summed E-state index contributed by atoms with van der Waals surface area (Å²) < 4.78 is 18.7. The fourth-order valence-corrected chi connectivity index (χ4v) is 1.30. The summed E-state index contributed by atoms with van der Waals surface area (Å²) in [6.45, 7) is 2.53. The zero-order valence-corrected chi connectivity index (χ0v) is 10.1. The minimum atomic E-state index is -0.289. The van der Waals surface area contributed by atoms with Gasteiger partial charge in [-0.05, 0) is 34.1 Å². The molecule has 0 bridgehead atoms. The standard InChI is InChI=1S/C10H11BrClFO/c1-7(5-12)6-14-8-2-3-10(13)9(11)4-8/h2-4,7H,5-6H2,1H3. The van der Waals surface area contributed by atoms with Crippen LogP contribution in [0.5, 0.6) is 5.75 Å². The topological polar surface area (TPSA) is 9.23 Å². The maximum Gasteiger partial charge on any atom is 0.137 e. The molecule has 0 aliphatic rings. The molecule has 0 aliphatic heterocycles. The van der Waals surface area contributed by atoms with Crippen LogP contribution in [0.4, 0.5) is 4.39 Å². The van der Waals surface area contributed by atoms with Gasteiger partial charge in [0.15, 0.2) is 0 Å². The Kier molecular flexibility index (Phi) is 4.69. The van der Waals surface area contributed by atoms with Crippen molar-refractivity contribution in [2.24, 2.45) is 5.92 Å². The number of hydrogen-bond donors (Lipinski definition) is 0. The molecule has 1 unspecified atom stereocenters. The fraction of sp³-hybridized carbons (Fsp3) is 0.400. The van der Waals surface area contributed by atoms with E-state index < -0.39 is 0 Å². The summed E-state index contributed by atoms with van der Waals surface area (Å²) in [7, 11) is 0. The van der Waals surface area contributed by atoms with E-state index >= 15 is 0 Å². The van der Waals surface area contributed by atoms with E-state index in [2.05, 4.69) is 15.9 Å². The lowest BCUT2D eigenvalue weighted by Gasteiger charge is -2.10. The first kappa shape index (κ1) is 11.8. The number of ether oxygens (including phenoxy) is 1. The molecule has 1 atom stereocenters. The molecule has 0 fully saturated rings. The SMILES string of the molecule is CC(CCl)COc1ccc(F)c(Br)c1. The van der Waals surface area contributed by atoms with Crippen LogP contribution < -0.4 is 4.74 Å². The first-order valence-corrected chi connectivity index (χ1v) is 5.60. The summed E-state index contributed by atoms with van der Waals surface area (Å²) in [6.07, 6.45) is 0. The summed E-state index contributed by atoms with van der Waals surface area (Å²) in [6, 6.07) is 4.57. The highest BCUT2D eigenvalue weighted by Gasteiger charge is 2.03. The van der Waals surface area contributed by atoms with E-state index in [4.69, 9.17) is 16.3 Å². The summed E-state index contributed by atoms with van der Waals surface area (Å²) in [5.74, 6) is 1.21. The van der Waals surface area contributed by atoms with Gasteiger partial charge in [0.2, 0.25) is 0 Å². The fourth-order valence-electron chi connectivity index (χ4n) is 0.850. The van der Waals surface area contributed by atoms with Gasteiger partial charge in [-0.3, -0.25) is 0 Å². The van der Waals surface area contributed by atoms with Crippen LogP contribution in [0.1, 0.15) is 6.92 Å². The summed E-state index contributed by atoms with van der Waals surface area (Å²) in [5.41, 5.74) is 0. The second kappa shape index (κ2) is 5.56. The third-order valence-electron chi connectivity index (χ3n) is 1.69. The van der Waals surface area contributed by atoms with Crippen LogP contribution in [0, 0.1) is 11.7 Å². The van der Waals surface area contributed by atoms with Crippen molar-refractivity contribution in [3.05, 3.63) is 28.5 Å². The van der Waals surface area contributed by atoms with Gasteiger partial charge in [0.05, 0.1) is 11.1 Å². The highest BCUT2D eigenvalue weighted by Crippen LogP contribution is 2.22. The van der Waals surface area contributed by atoms with E-state index in [9.17, 15) is 4.39 Å². The first-order chi connectivity index (χ1) is 6.63. The largest absolute Gasteiger partial charge is 0.493 e. The highest BCUT2D eigenvalue weighted by molar-refractivity contribution is 9.10. The lowest BCUT2D eigenvalue weighted by Crippen LogP contribution is -2.09. The highest BCUT2D eigenvalue weighted by atomic mass is 79.9. The van der Waals surface area contributed by atoms with Crippen LogP contribution in [0.3, 0.4) is 0 Å². The molecule has 0 aliphatic carbocycles. The van der Waals surface area contributed by atoms with Gasteiger partial charge >= 0.3 is 0 Å². The van der Waals surface area contributed by atoms with Crippen molar-refractivity contribution in [2.45, 2.75) is 6.92 Å². The van der Waals surface area contributed by atoms with Crippen molar-refractivity contribution in [1.29, 1.82) is 0 Å². The van der Waals surface area contributed by atoms with Crippen LogP contribution in [-0.4, -0.2) is 12.5 Å². The Labute approximate surface area is 96.3 Å². The maximum atomic E-state index is 12.8. The number of halogens is 3. The zero-order valence-electron chi connectivity index (χ0n) is 7.77. The Balaban J connectivity index is 2.55. The van der Waals surface area contributed by atoms with Gasteiger partial charge in [-0.2, -0.15) is 0 Å². The van der Waals surface area contributed by atoms with Gasteiger partial charge in [-0.15, -0.1) is 11.6 Å². The van der Waals surface area contributed by atoms with E-state index in [1.165, 1.54) is 6.07 Å². The molecule has 1 aromatic rings. The molecule has 0 aromatic heterocycles. The van der Waals surface area contributed by atoms with Gasteiger partial charge < -0.3 is 4.74 Å². The van der Waals surface area contributed by atoms with Crippen LogP contribution in [0.2, 0.25) is 0 Å². The molecule has 4 heteroatoms. The van der Waals surface area contributed by atoms with Gasteiger partial charge in [-0.1, -0.05) is 6.92 Å². The van der Waals surface area contributed by atoms with Crippen molar-refractivity contribution >= 4 is 27.5 Å². The molecule has 0 N–H and O–H groups in total. The Hall–Kier alpha value is -0.280.